The van der Waals surface area contributed by atoms with E-state index in [0.29, 0.717) is 11.1 Å². The highest BCUT2D eigenvalue weighted by molar-refractivity contribution is 6.21. The SMILES string of the molecule is CCc1ccc(N2C[C@H](C(=O)OCCN3C(=O)c4ccccc4C3=O)CC2=O)cc1. The summed E-state index contributed by atoms with van der Waals surface area (Å²) < 4.78 is 5.29. The van der Waals surface area contributed by atoms with Gasteiger partial charge in [-0.3, -0.25) is 24.1 Å². The predicted molar refractivity (Wildman–Crippen MR) is 109 cm³/mol. The van der Waals surface area contributed by atoms with Crippen molar-refractivity contribution < 1.29 is 23.9 Å². The van der Waals surface area contributed by atoms with Gasteiger partial charge >= 0.3 is 5.97 Å². The Morgan fingerprint density at radius 1 is 1.00 bits per heavy atom. The molecule has 2 aliphatic rings. The highest BCUT2D eigenvalue weighted by Crippen LogP contribution is 2.26. The number of benzene rings is 2. The summed E-state index contributed by atoms with van der Waals surface area (Å²) >= 11 is 0. The maximum atomic E-state index is 12.4. The van der Waals surface area contributed by atoms with Crippen molar-refractivity contribution in [2.75, 3.05) is 24.6 Å². The van der Waals surface area contributed by atoms with E-state index in [1.54, 1.807) is 29.2 Å². The van der Waals surface area contributed by atoms with Crippen molar-refractivity contribution in [1.29, 1.82) is 0 Å². The third-order valence-electron chi connectivity index (χ3n) is 5.55. The zero-order chi connectivity index (χ0) is 21.3. The summed E-state index contributed by atoms with van der Waals surface area (Å²) in [6.07, 6.45) is 0.998. The van der Waals surface area contributed by atoms with Gasteiger partial charge in [0.05, 0.1) is 23.6 Å². The first-order chi connectivity index (χ1) is 14.5. The number of fused-ring (bicyclic) bond motifs is 1. The van der Waals surface area contributed by atoms with Crippen LogP contribution in [0.2, 0.25) is 0 Å². The van der Waals surface area contributed by atoms with E-state index in [2.05, 4.69) is 6.92 Å². The Bertz CT molecular complexity index is 980. The van der Waals surface area contributed by atoms with E-state index in [9.17, 15) is 19.2 Å². The molecule has 2 aromatic rings. The Morgan fingerprint density at radius 3 is 2.23 bits per heavy atom. The van der Waals surface area contributed by atoms with Crippen LogP contribution in [0.25, 0.3) is 0 Å². The third-order valence-corrected chi connectivity index (χ3v) is 5.55. The molecule has 1 saturated heterocycles. The Morgan fingerprint density at radius 2 is 1.63 bits per heavy atom. The molecule has 7 heteroatoms. The molecule has 0 unspecified atom stereocenters. The third kappa shape index (κ3) is 3.58. The van der Waals surface area contributed by atoms with E-state index in [1.165, 1.54) is 5.56 Å². The van der Waals surface area contributed by atoms with Gasteiger partial charge in [-0.2, -0.15) is 0 Å². The highest BCUT2D eigenvalue weighted by atomic mass is 16.5. The van der Waals surface area contributed by atoms with E-state index in [4.69, 9.17) is 4.74 Å². The average molecular weight is 406 g/mol. The Hall–Kier alpha value is -3.48. The molecule has 4 rings (SSSR count). The number of ether oxygens (including phenoxy) is 1. The monoisotopic (exact) mass is 406 g/mol. The first-order valence-electron chi connectivity index (χ1n) is 10.0. The molecule has 3 amide bonds. The summed E-state index contributed by atoms with van der Waals surface area (Å²) in [4.78, 5) is 52.2. The number of aryl methyl sites for hydroxylation is 1. The molecule has 0 N–H and O–H groups in total. The highest BCUT2D eigenvalue weighted by Gasteiger charge is 2.37. The molecule has 0 bridgehead atoms. The largest absolute Gasteiger partial charge is 0.464 e. The van der Waals surface area contributed by atoms with Crippen molar-refractivity contribution in [2.45, 2.75) is 19.8 Å². The lowest BCUT2D eigenvalue weighted by molar-refractivity contribution is -0.148. The summed E-state index contributed by atoms with van der Waals surface area (Å²) in [5, 5.41) is 0. The van der Waals surface area contributed by atoms with Crippen LogP contribution in [-0.2, 0) is 20.7 Å². The fourth-order valence-corrected chi connectivity index (χ4v) is 3.82. The Kier molecular flexibility index (Phi) is 5.35. The van der Waals surface area contributed by atoms with Crippen LogP contribution in [0.15, 0.2) is 48.5 Å². The minimum atomic E-state index is -0.564. The van der Waals surface area contributed by atoms with E-state index in [0.717, 1.165) is 17.0 Å². The number of nitrogens with zero attached hydrogens (tertiary/aromatic N) is 2. The molecule has 2 aliphatic heterocycles. The van der Waals surface area contributed by atoms with Gasteiger partial charge in [-0.15, -0.1) is 0 Å². The van der Waals surface area contributed by atoms with Gasteiger partial charge in [0.15, 0.2) is 0 Å². The maximum absolute atomic E-state index is 12.4. The first kappa shape index (κ1) is 19.8. The normalized spacial score (nSPS) is 18.2. The number of anilines is 1. The van der Waals surface area contributed by atoms with Crippen LogP contribution < -0.4 is 4.90 Å². The summed E-state index contributed by atoms with van der Waals surface area (Å²) in [6, 6.07) is 14.3. The molecule has 7 nitrogen and oxygen atoms in total. The van der Waals surface area contributed by atoms with Gasteiger partial charge in [0, 0.05) is 18.7 Å². The molecule has 2 heterocycles. The quantitative estimate of drug-likeness (QED) is 0.544. The Balaban J connectivity index is 1.31. The molecule has 30 heavy (non-hydrogen) atoms. The number of esters is 1. The van der Waals surface area contributed by atoms with Crippen LogP contribution in [0.5, 0.6) is 0 Å². The fourth-order valence-electron chi connectivity index (χ4n) is 3.82. The zero-order valence-corrected chi connectivity index (χ0v) is 16.7. The summed E-state index contributed by atoms with van der Waals surface area (Å²) in [5.41, 5.74) is 2.66. The number of hydrogen-bond donors (Lipinski definition) is 0. The van der Waals surface area contributed by atoms with Gasteiger partial charge in [0.2, 0.25) is 5.91 Å². The van der Waals surface area contributed by atoms with Crippen molar-refractivity contribution in [3.05, 3.63) is 65.2 Å². The second-order valence-corrected chi connectivity index (χ2v) is 7.40. The first-order valence-corrected chi connectivity index (χ1v) is 10.0. The molecular formula is C23H22N2O5. The standard InChI is InChI=1S/C23H22N2O5/c1-2-15-7-9-17(10-8-15)25-14-16(13-20(25)26)23(29)30-12-11-24-21(27)18-5-3-4-6-19(18)22(24)28/h3-10,16H,2,11-14H2,1H3/t16-/m1/s1. The van der Waals surface area contributed by atoms with Crippen LogP contribution in [0.3, 0.4) is 0 Å². The maximum Gasteiger partial charge on any atom is 0.311 e. The summed E-state index contributed by atoms with van der Waals surface area (Å²) in [6.45, 7) is 2.21. The van der Waals surface area contributed by atoms with E-state index in [-0.39, 0.29) is 43.8 Å². The van der Waals surface area contributed by atoms with Crippen LogP contribution in [-0.4, -0.2) is 48.3 Å². The lowest BCUT2D eigenvalue weighted by atomic mass is 10.1. The average Bonchev–Trinajstić information content (AvgIpc) is 3.27. The van der Waals surface area contributed by atoms with Gasteiger partial charge in [-0.05, 0) is 36.2 Å². The number of hydrogen-bond acceptors (Lipinski definition) is 5. The molecular weight excluding hydrogens is 384 g/mol. The second-order valence-electron chi connectivity index (χ2n) is 7.40. The minimum absolute atomic E-state index is 0.0129. The zero-order valence-electron chi connectivity index (χ0n) is 16.7. The molecule has 1 atom stereocenters. The van der Waals surface area contributed by atoms with Gasteiger partial charge < -0.3 is 9.64 Å². The summed E-state index contributed by atoms with van der Waals surface area (Å²) in [7, 11) is 0. The van der Waals surface area contributed by atoms with Crippen LogP contribution in [0, 0.1) is 5.92 Å². The van der Waals surface area contributed by atoms with Crippen LogP contribution in [0.1, 0.15) is 39.6 Å². The van der Waals surface area contributed by atoms with Gasteiger partial charge in [-0.1, -0.05) is 31.2 Å². The predicted octanol–water partition coefficient (Wildman–Crippen LogP) is 2.44. The van der Waals surface area contributed by atoms with Crippen molar-refractivity contribution >= 4 is 29.4 Å². The second kappa shape index (κ2) is 8.10. The molecule has 0 radical (unpaired) electrons. The number of imide groups is 1. The smallest absolute Gasteiger partial charge is 0.311 e. The molecule has 2 aromatic carbocycles. The van der Waals surface area contributed by atoms with Crippen molar-refractivity contribution in [2.24, 2.45) is 5.92 Å². The molecule has 154 valence electrons. The Labute approximate surface area is 174 Å². The van der Waals surface area contributed by atoms with E-state index < -0.39 is 11.9 Å². The van der Waals surface area contributed by atoms with Gasteiger partial charge in [0.25, 0.3) is 11.8 Å². The van der Waals surface area contributed by atoms with Gasteiger partial charge in [-0.25, -0.2) is 0 Å². The van der Waals surface area contributed by atoms with Crippen LogP contribution in [0.4, 0.5) is 5.69 Å². The number of carbonyl (C=O) groups excluding carboxylic acids is 4. The summed E-state index contributed by atoms with van der Waals surface area (Å²) in [5.74, 6) is -1.95. The minimum Gasteiger partial charge on any atom is -0.464 e. The fraction of sp³-hybridized carbons (Fsp3) is 0.304. The van der Waals surface area contributed by atoms with E-state index in [1.807, 2.05) is 24.3 Å². The number of rotatable bonds is 6. The molecule has 1 fully saturated rings. The molecule has 0 aromatic heterocycles. The van der Waals surface area contributed by atoms with Crippen molar-refractivity contribution in [3.8, 4) is 0 Å². The van der Waals surface area contributed by atoms with Gasteiger partial charge in [0.1, 0.15) is 6.61 Å². The lowest BCUT2D eigenvalue weighted by Gasteiger charge is -2.17. The van der Waals surface area contributed by atoms with Crippen molar-refractivity contribution in [3.63, 3.8) is 0 Å². The molecule has 0 spiro atoms. The topological polar surface area (TPSA) is 84.0 Å². The lowest BCUT2D eigenvalue weighted by Crippen LogP contribution is -2.34. The van der Waals surface area contributed by atoms with E-state index >= 15 is 0 Å². The number of amides is 3. The molecule has 0 saturated carbocycles. The molecule has 0 aliphatic carbocycles. The van der Waals surface area contributed by atoms with Crippen molar-refractivity contribution in [1.82, 2.24) is 4.90 Å². The number of carbonyl (C=O) groups is 4. The van der Waals surface area contributed by atoms with Crippen LogP contribution >= 0.6 is 0 Å².